The van der Waals surface area contributed by atoms with Gasteiger partial charge in [0.15, 0.2) is 0 Å². The van der Waals surface area contributed by atoms with Crippen LogP contribution in [-0.4, -0.2) is 41.9 Å². The van der Waals surface area contributed by atoms with Gasteiger partial charge in [0.05, 0.1) is 6.04 Å². The van der Waals surface area contributed by atoms with Gasteiger partial charge < -0.3 is 16.0 Å². The summed E-state index contributed by atoms with van der Waals surface area (Å²) < 4.78 is 0. The van der Waals surface area contributed by atoms with Gasteiger partial charge in [-0.1, -0.05) is 25.7 Å². The molecule has 124 valence electrons. The van der Waals surface area contributed by atoms with Gasteiger partial charge in [-0.15, -0.1) is 0 Å². The third kappa shape index (κ3) is 3.29. The zero-order chi connectivity index (χ0) is 15.5. The Hall–Kier alpha value is -1.10. The SMILES string of the molecule is NC[C@H]1CCC[C@H]1C(=O)NC1CC(=O)N(C2CCCCC2)C1. The minimum absolute atomic E-state index is 0.000881. The van der Waals surface area contributed by atoms with Gasteiger partial charge in [0, 0.05) is 24.9 Å². The molecule has 22 heavy (non-hydrogen) atoms. The summed E-state index contributed by atoms with van der Waals surface area (Å²) in [6, 6.07) is 0.410. The summed E-state index contributed by atoms with van der Waals surface area (Å²) in [6.45, 7) is 1.30. The van der Waals surface area contributed by atoms with Crippen molar-refractivity contribution in [1.29, 1.82) is 0 Å². The summed E-state index contributed by atoms with van der Waals surface area (Å²) in [5, 5.41) is 3.13. The number of hydrogen-bond acceptors (Lipinski definition) is 3. The Bertz CT molecular complexity index is 420. The van der Waals surface area contributed by atoms with Crippen molar-refractivity contribution in [3.05, 3.63) is 0 Å². The van der Waals surface area contributed by atoms with Crippen molar-refractivity contribution < 1.29 is 9.59 Å². The third-order valence-electron chi connectivity index (χ3n) is 5.82. The van der Waals surface area contributed by atoms with Gasteiger partial charge in [-0.2, -0.15) is 0 Å². The molecule has 1 aliphatic heterocycles. The Morgan fingerprint density at radius 3 is 2.64 bits per heavy atom. The number of likely N-dealkylation sites (tertiary alicyclic amines) is 1. The van der Waals surface area contributed by atoms with Crippen molar-refractivity contribution in [1.82, 2.24) is 10.2 Å². The van der Waals surface area contributed by atoms with E-state index in [0.29, 0.717) is 31.5 Å². The van der Waals surface area contributed by atoms with Crippen LogP contribution in [0.1, 0.15) is 57.8 Å². The normalized spacial score (nSPS) is 33.4. The fourth-order valence-electron chi connectivity index (χ4n) is 4.55. The smallest absolute Gasteiger partial charge is 0.225 e. The van der Waals surface area contributed by atoms with Crippen LogP contribution in [-0.2, 0) is 9.59 Å². The van der Waals surface area contributed by atoms with Crippen LogP contribution in [0.15, 0.2) is 0 Å². The van der Waals surface area contributed by atoms with Gasteiger partial charge in [0.1, 0.15) is 0 Å². The van der Waals surface area contributed by atoms with Crippen LogP contribution in [0, 0.1) is 11.8 Å². The molecule has 5 nitrogen and oxygen atoms in total. The lowest BCUT2D eigenvalue weighted by atomic mass is 9.94. The number of nitrogens with one attached hydrogen (secondary N) is 1. The second kappa shape index (κ2) is 6.99. The number of nitrogens with zero attached hydrogens (tertiary/aromatic N) is 1. The lowest BCUT2D eigenvalue weighted by molar-refractivity contribution is -0.130. The van der Waals surface area contributed by atoms with E-state index in [-0.39, 0.29) is 23.8 Å². The molecule has 2 saturated carbocycles. The first-order valence-corrected chi connectivity index (χ1v) is 8.99. The van der Waals surface area contributed by atoms with Gasteiger partial charge in [0.25, 0.3) is 0 Å². The fourth-order valence-corrected chi connectivity index (χ4v) is 4.55. The summed E-state index contributed by atoms with van der Waals surface area (Å²) >= 11 is 0. The Balaban J connectivity index is 1.53. The van der Waals surface area contributed by atoms with E-state index in [1.807, 2.05) is 4.90 Å². The molecule has 2 amide bonds. The summed E-state index contributed by atoms with van der Waals surface area (Å²) in [4.78, 5) is 26.8. The molecule has 3 rings (SSSR count). The van der Waals surface area contributed by atoms with E-state index < -0.39 is 0 Å². The quantitative estimate of drug-likeness (QED) is 0.824. The van der Waals surface area contributed by atoms with E-state index in [9.17, 15) is 9.59 Å². The molecule has 1 unspecified atom stereocenters. The number of nitrogens with two attached hydrogens (primary N) is 1. The van der Waals surface area contributed by atoms with Gasteiger partial charge in [-0.25, -0.2) is 0 Å². The predicted octanol–water partition coefficient (Wildman–Crippen LogP) is 1.41. The monoisotopic (exact) mass is 307 g/mol. The molecule has 2 aliphatic carbocycles. The summed E-state index contributed by atoms with van der Waals surface area (Å²) in [5.74, 6) is 0.727. The van der Waals surface area contributed by atoms with Crippen LogP contribution < -0.4 is 11.1 Å². The number of carbonyl (C=O) groups is 2. The first-order valence-electron chi connectivity index (χ1n) is 8.99. The van der Waals surface area contributed by atoms with Gasteiger partial charge in [0.2, 0.25) is 11.8 Å². The average molecular weight is 307 g/mol. The zero-order valence-corrected chi connectivity index (χ0v) is 13.4. The van der Waals surface area contributed by atoms with Crippen molar-refractivity contribution >= 4 is 11.8 Å². The van der Waals surface area contributed by atoms with Crippen molar-refractivity contribution in [2.45, 2.75) is 69.9 Å². The van der Waals surface area contributed by atoms with Crippen molar-refractivity contribution in [3.8, 4) is 0 Å². The van der Waals surface area contributed by atoms with E-state index in [1.54, 1.807) is 0 Å². The molecule has 0 aromatic rings. The van der Waals surface area contributed by atoms with Crippen molar-refractivity contribution in [2.24, 2.45) is 17.6 Å². The maximum atomic E-state index is 12.5. The molecule has 0 bridgehead atoms. The van der Waals surface area contributed by atoms with E-state index in [4.69, 9.17) is 5.73 Å². The molecule has 0 aromatic carbocycles. The molecule has 0 spiro atoms. The standard InChI is InChI=1S/C17H29N3O2/c18-10-12-5-4-8-15(12)17(22)19-13-9-16(21)20(11-13)14-6-2-1-3-7-14/h12-15H,1-11,18H2,(H,19,22)/t12-,13?,15-/m1/s1. The molecular formula is C17H29N3O2. The van der Waals surface area contributed by atoms with Crippen LogP contribution in [0.2, 0.25) is 0 Å². The zero-order valence-electron chi connectivity index (χ0n) is 13.4. The minimum Gasteiger partial charge on any atom is -0.351 e. The highest BCUT2D eigenvalue weighted by Crippen LogP contribution is 2.32. The van der Waals surface area contributed by atoms with Crippen LogP contribution in [0.3, 0.4) is 0 Å². The molecule has 3 atom stereocenters. The molecule has 5 heteroatoms. The Morgan fingerprint density at radius 2 is 1.91 bits per heavy atom. The molecule has 3 aliphatic rings. The van der Waals surface area contributed by atoms with Crippen LogP contribution in [0.5, 0.6) is 0 Å². The van der Waals surface area contributed by atoms with E-state index >= 15 is 0 Å². The largest absolute Gasteiger partial charge is 0.351 e. The van der Waals surface area contributed by atoms with Gasteiger partial charge in [-0.05, 0) is 38.1 Å². The number of amides is 2. The number of hydrogen-bond donors (Lipinski definition) is 2. The van der Waals surface area contributed by atoms with E-state index in [2.05, 4.69) is 5.32 Å². The number of rotatable bonds is 4. The van der Waals surface area contributed by atoms with Gasteiger partial charge >= 0.3 is 0 Å². The molecule has 3 N–H and O–H groups in total. The lowest BCUT2D eigenvalue weighted by Crippen LogP contribution is -2.44. The van der Waals surface area contributed by atoms with Crippen molar-refractivity contribution in [2.75, 3.05) is 13.1 Å². The Morgan fingerprint density at radius 1 is 1.14 bits per heavy atom. The fraction of sp³-hybridized carbons (Fsp3) is 0.882. The topological polar surface area (TPSA) is 75.4 Å². The summed E-state index contributed by atoms with van der Waals surface area (Å²) in [6.07, 6.45) is 9.58. The maximum Gasteiger partial charge on any atom is 0.225 e. The molecule has 0 aromatic heterocycles. The summed E-state index contributed by atoms with van der Waals surface area (Å²) in [5.41, 5.74) is 5.77. The van der Waals surface area contributed by atoms with Crippen molar-refractivity contribution in [3.63, 3.8) is 0 Å². The molecule has 1 heterocycles. The predicted molar refractivity (Wildman–Crippen MR) is 85.0 cm³/mol. The lowest BCUT2D eigenvalue weighted by Gasteiger charge is -2.31. The van der Waals surface area contributed by atoms with Crippen LogP contribution >= 0.6 is 0 Å². The Labute approximate surface area is 133 Å². The third-order valence-corrected chi connectivity index (χ3v) is 5.82. The first kappa shape index (κ1) is 15.8. The molecular weight excluding hydrogens is 278 g/mol. The average Bonchev–Trinajstić information content (AvgIpc) is 3.14. The highest BCUT2D eigenvalue weighted by atomic mass is 16.2. The number of carbonyl (C=O) groups excluding carboxylic acids is 2. The van der Waals surface area contributed by atoms with Gasteiger partial charge in [-0.3, -0.25) is 9.59 Å². The maximum absolute atomic E-state index is 12.5. The van der Waals surface area contributed by atoms with E-state index in [0.717, 1.165) is 32.1 Å². The Kier molecular flexibility index (Phi) is 5.01. The summed E-state index contributed by atoms with van der Waals surface area (Å²) in [7, 11) is 0. The highest BCUT2D eigenvalue weighted by Gasteiger charge is 2.38. The molecule has 0 radical (unpaired) electrons. The van der Waals surface area contributed by atoms with E-state index in [1.165, 1.54) is 19.3 Å². The molecule has 1 saturated heterocycles. The first-order chi connectivity index (χ1) is 10.7. The second-order valence-electron chi connectivity index (χ2n) is 7.28. The second-order valence-corrected chi connectivity index (χ2v) is 7.28. The van der Waals surface area contributed by atoms with Crippen LogP contribution in [0.25, 0.3) is 0 Å². The minimum atomic E-state index is 0.000881. The van der Waals surface area contributed by atoms with Crippen LogP contribution in [0.4, 0.5) is 0 Å². The highest BCUT2D eigenvalue weighted by molar-refractivity contribution is 5.83. The molecule has 3 fully saturated rings.